The zero-order chi connectivity index (χ0) is 11.7. The molecule has 0 atom stereocenters. The number of aromatic nitrogens is 4. The van der Waals surface area contributed by atoms with Crippen LogP contribution < -0.4 is 0 Å². The summed E-state index contributed by atoms with van der Waals surface area (Å²) >= 11 is 7.34. The molecule has 0 unspecified atom stereocenters. The predicted molar refractivity (Wildman–Crippen MR) is 64.0 cm³/mol. The van der Waals surface area contributed by atoms with Crippen LogP contribution >= 0.6 is 22.9 Å². The first-order valence-corrected chi connectivity index (χ1v) is 6.11. The summed E-state index contributed by atoms with van der Waals surface area (Å²) in [6.45, 7) is 0.422. The van der Waals surface area contributed by atoms with Crippen LogP contribution in [0.15, 0.2) is 34.4 Å². The summed E-state index contributed by atoms with van der Waals surface area (Å²) in [5.74, 6) is 1.11. The lowest BCUT2D eigenvalue weighted by Gasteiger charge is -1.93. The molecule has 0 amide bonds. The van der Waals surface area contributed by atoms with Crippen molar-refractivity contribution in [3.05, 3.63) is 40.8 Å². The lowest BCUT2D eigenvalue weighted by molar-refractivity contribution is 0.366. The van der Waals surface area contributed by atoms with Gasteiger partial charge in [0, 0.05) is 6.20 Å². The highest BCUT2D eigenvalue weighted by Gasteiger charge is 2.10. The van der Waals surface area contributed by atoms with Gasteiger partial charge in [-0.2, -0.15) is 10.1 Å². The van der Waals surface area contributed by atoms with E-state index in [1.54, 1.807) is 28.4 Å². The number of nitrogens with zero attached hydrogens (tertiary/aromatic N) is 4. The van der Waals surface area contributed by atoms with Crippen molar-refractivity contribution in [1.82, 2.24) is 19.9 Å². The van der Waals surface area contributed by atoms with E-state index in [0.29, 0.717) is 23.3 Å². The molecule has 0 aliphatic rings. The van der Waals surface area contributed by atoms with Crippen LogP contribution in [-0.4, -0.2) is 19.9 Å². The van der Waals surface area contributed by atoms with Crippen LogP contribution in [0.1, 0.15) is 5.89 Å². The molecular weight excluding hydrogens is 260 g/mol. The highest BCUT2D eigenvalue weighted by Crippen LogP contribution is 2.21. The molecule has 17 heavy (non-hydrogen) atoms. The van der Waals surface area contributed by atoms with Crippen LogP contribution in [0.25, 0.3) is 10.7 Å². The third kappa shape index (κ3) is 2.22. The van der Waals surface area contributed by atoms with Crippen molar-refractivity contribution in [2.75, 3.05) is 0 Å². The number of hydrogen-bond donors (Lipinski definition) is 0. The predicted octanol–water partition coefficient (Wildman–Crippen LogP) is 2.70. The van der Waals surface area contributed by atoms with Crippen molar-refractivity contribution in [2.45, 2.75) is 6.54 Å². The van der Waals surface area contributed by atoms with Crippen LogP contribution in [0, 0.1) is 0 Å². The molecule has 0 radical (unpaired) electrons. The molecule has 0 aliphatic carbocycles. The largest absolute Gasteiger partial charge is 0.337 e. The molecule has 0 saturated heterocycles. The Morgan fingerprint density at radius 2 is 2.41 bits per heavy atom. The minimum Gasteiger partial charge on any atom is -0.337 e. The van der Waals surface area contributed by atoms with Gasteiger partial charge in [-0.15, -0.1) is 11.3 Å². The summed E-state index contributed by atoms with van der Waals surface area (Å²) in [5, 5.41) is 10.5. The molecule has 3 aromatic heterocycles. The number of thiophene rings is 1. The third-order valence-electron chi connectivity index (χ3n) is 2.11. The summed E-state index contributed by atoms with van der Waals surface area (Å²) in [7, 11) is 0. The number of halogens is 1. The Labute approximate surface area is 106 Å². The zero-order valence-electron chi connectivity index (χ0n) is 8.58. The summed E-state index contributed by atoms with van der Waals surface area (Å²) in [4.78, 5) is 5.27. The van der Waals surface area contributed by atoms with Gasteiger partial charge in [-0.1, -0.05) is 22.8 Å². The van der Waals surface area contributed by atoms with Crippen molar-refractivity contribution >= 4 is 22.9 Å². The van der Waals surface area contributed by atoms with Crippen LogP contribution in [0.4, 0.5) is 0 Å². The van der Waals surface area contributed by atoms with E-state index in [9.17, 15) is 0 Å². The quantitative estimate of drug-likeness (QED) is 0.731. The molecular formula is C10H7ClN4OS. The SMILES string of the molecule is Clc1cnn(Cc2nc(-c3cccs3)no2)c1. The van der Waals surface area contributed by atoms with Gasteiger partial charge in [0.1, 0.15) is 6.54 Å². The molecule has 3 rings (SSSR count). The first-order valence-electron chi connectivity index (χ1n) is 4.86. The molecule has 3 heterocycles. The molecule has 0 saturated carbocycles. The summed E-state index contributed by atoms with van der Waals surface area (Å²) in [5.41, 5.74) is 0. The average Bonchev–Trinajstić information content (AvgIpc) is 3.00. The van der Waals surface area contributed by atoms with E-state index in [4.69, 9.17) is 16.1 Å². The number of hydrogen-bond acceptors (Lipinski definition) is 5. The Morgan fingerprint density at radius 3 is 3.12 bits per heavy atom. The lowest BCUT2D eigenvalue weighted by Crippen LogP contribution is -1.99. The fraction of sp³-hybridized carbons (Fsp3) is 0.100. The van der Waals surface area contributed by atoms with Crippen LogP contribution in [0.5, 0.6) is 0 Å². The molecule has 5 nitrogen and oxygen atoms in total. The Bertz CT molecular complexity index is 616. The maximum Gasteiger partial charge on any atom is 0.248 e. The molecule has 86 valence electrons. The minimum atomic E-state index is 0.422. The van der Waals surface area contributed by atoms with E-state index in [1.807, 2.05) is 17.5 Å². The normalized spacial score (nSPS) is 10.9. The van der Waals surface area contributed by atoms with E-state index in [1.165, 1.54) is 0 Å². The van der Waals surface area contributed by atoms with Gasteiger partial charge in [-0.25, -0.2) is 0 Å². The molecule has 0 bridgehead atoms. The van der Waals surface area contributed by atoms with Gasteiger partial charge in [0.05, 0.1) is 16.1 Å². The van der Waals surface area contributed by atoms with Gasteiger partial charge in [-0.05, 0) is 11.4 Å². The second kappa shape index (κ2) is 4.31. The molecule has 0 aromatic carbocycles. The fourth-order valence-corrected chi connectivity index (χ4v) is 2.19. The Balaban J connectivity index is 1.81. The van der Waals surface area contributed by atoms with Gasteiger partial charge in [-0.3, -0.25) is 4.68 Å². The van der Waals surface area contributed by atoms with E-state index < -0.39 is 0 Å². The van der Waals surface area contributed by atoms with E-state index in [-0.39, 0.29) is 0 Å². The molecule has 0 N–H and O–H groups in total. The summed E-state index contributed by atoms with van der Waals surface area (Å²) in [6, 6.07) is 3.90. The molecule has 3 aromatic rings. The second-order valence-corrected chi connectivity index (χ2v) is 4.73. The van der Waals surface area contributed by atoms with Crippen LogP contribution in [0.2, 0.25) is 5.02 Å². The third-order valence-corrected chi connectivity index (χ3v) is 3.17. The fourth-order valence-electron chi connectivity index (χ4n) is 1.39. The Hall–Kier alpha value is -1.66. The van der Waals surface area contributed by atoms with Crippen LogP contribution in [-0.2, 0) is 6.54 Å². The highest BCUT2D eigenvalue weighted by molar-refractivity contribution is 7.13. The smallest absolute Gasteiger partial charge is 0.248 e. The van der Waals surface area contributed by atoms with E-state index >= 15 is 0 Å². The molecule has 0 spiro atoms. The van der Waals surface area contributed by atoms with Gasteiger partial charge in [0.25, 0.3) is 0 Å². The van der Waals surface area contributed by atoms with Crippen molar-refractivity contribution < 1.29 is 4.52 Å². The summed E-state index contributed by atoms with van der Waals surface area (Å²) < 4.78 is 6.79. The topological polar surface area (TPSA) is 56.7 Å². The van der Waals surface area contributed by atoms with Gasteiger partial charge in [0.2, 0.25) is 11.7 Å². The minimum absolute atomic E-state index is 0.422. The molecule has 0 aliphatic heterocycles. The maximum atomic E-state index is 5.76. The first-order chi connectivity index (χ1) is 8.31. The Kier molecular flexibility index (Phi) is 2.66. The molecule has 0 fully saturated rings. The van der Waals surface area contributed by atoms with Crippen molar-refractivity contribution in [2.24, 2.45) is 0 Å². The maximum absolute atomic E-state index is 5.76. The van der Waals surface area contributed by atoms with Crippen molar-refractivity contribution in [3.63, 3.8) is 0 Å². The Morgan fingerprint density at radius 1 is 1.47 bits per heavy atom. The van der Waals surface area contributed by atoms with Gasteiger partial charge in [0.15, 0.2) is 0 Å². The standard InChI is InChI=1S/C10H7ClN4OS/c11-7-4-12-15(5-7)6-9-13-10(14-16-9)8-2-1-3-17-8/h1-5H,6H2. The van der Waals surface area contributed by atoms with Crippen LogP contribution in [0.3, 0.4) is 0 Å². The summed E-state index contributed by atoms with van der Waals surface area (Å²) in [6.07, 6.45) is 3.27. The van der Waals surface area contributed by atoms with E-state index in [2.05, 4.69) is 15.2 Å². The number of rotatable bonds is 3. The van der Waals surface area contributed by atoms with Gasteiger partial charge < -0.3 is 4.52 Å². The van der Waals surface area contributed by atoms with Gasteiger partial charge >= 0.3 is 0 Å². The van der Waals surface area contributed by atoms with E-state index in [0.717, 1.165) is 4.88 Å². The molecule has 7 heteroatoms. The lowest BCUT2D eigenvalue weighted by atomic mass is 10.4. The zero-order valence-corrected chi connectivity index (χ0v) is 10.1. The monoisotopic (exact) mass is 266 g/mol. The first kappa shape index (κ1) is 10.5. The van der Waals surface area contributed by atoms with Crippen molar-refractivity contribution in [3.8, 4) is 10.7 Å². The highest BCUT2D eigenvalue weighted by atomic mass is 35.5. The average molecular weight is 267 g/mol. The van der Waals surface area contributed by atoms with Crippen molar-refractivity contribution in [1.29, 1.82) is 0 Å². The second-order valence-electron chi connectivity index (χ2n) is 3.35.